The maximum Gasteiger partial charge on any atom is 0.229 e. The number of nitrogens with zero attached hydrogens (tertiary/aromatic N) is 3. The van der Waals surface area contributed by atoms with Gasteiger partial charge < -0.3 is 15.0 Å². The number of aryl methyl sites for hydroxylation is 2. The Bertz CT molecular complexity index is 1030. The van der Waals surface area contributed by atoms with Crippen molar-refractivity contribution in [1.82, 2.24) is 9.97 Å². The molecule has 0 saturated carbocycles. The van der Waals surface area contributed by atoms with Gasteiger partial charge in [0, 0.05) is 18.0 Å². The van der Waals surface area contributed by atoms with Crippen LogP contribution in [0.5, 0.6) is 5.75 Å². The molecule has 0 radical (unpaired) electrons. The molecule has 1 aliphatic rings. The smallest absolute Gasteiger partial charge is 0.229 e. The number of nitrogens with one attached hydrogen (secondary N) is 1. The molecule has 1 saturated heterocycles. The molecule has 0 unspecified atom stereocenters. The van der Waals surface area contributed by atoms with E-state index >= 15 is 0 Å². The number of carbonyl (C=O) groups excluding carboxylic acids is 1. The quantitative estimate of drug-likeness (QED) is 0.674. The largest absolute Gasteiger partial charge is 0.495 e. The Morgan fingerprint density at radius 1 is 1.34 bits per heavy atom. The van der Waals surface area contributed by atoms with Crippen LogP contribution < -0.4 is 15.0 Å². The van der Waals surface area contributed by atoms with Gasteiger partial charge in [0.2, 0.25) is 5.91 Å². The lowest BCUT2D eigenvalue weighted by molar-refractivity contribution is -0.120. The van der Waals surface area contributed by atoms with Crippen LogP contribution in [0.3, 0.4) is 0 Å². The summed E-state index contributed by atoms with van der Waals surface area (Å²) < 4.78 is 5.40. The predicted octanol–water partition coefficient (Wildman–Crippen LogP) is 4.43. The van der Waals surface area contributed by atoms with Crippen molar-refractivity contribution in [3.8, 4) is 5.75 Å². The van der Waals surface area contributed by atoms with Crippen LogP contribution in [0.1, 0.15) is 30.2 Å². The van der Waals surface area contributed by atoms with Crippen LogP contribution in [-0.4, -0.2) is 36.1 Å². The second-order valence-electron chi connectivity index (χ2n) is 7.46. The van der Waals surface area contributed by atoms with E-state index in [9.17, 15) is 4.79 Å². The highest BCUT2D eigenvalue weighted by atomic mass is 32.1. The molecule has 0 bridgehead atoms. The molecule has 4 rings (SSSR count). The first-order chi connectivity index (χ1) is 14.1. The van der Waals surface area contributed by atoms with E-state index < -0.39 is 0 Å². The van der Waals surface area contributed by atoms with Gasteiger partial charge in [-0.2, -0.15) is 0 Å². The number of hydrogen-bond acceptors (Lipinski definition) is 6. The molecule has 1 fully saturated rings. The highest BCUT2D eigenvalue weighted by molar-refractivity contribution is 7.18. The summed E-state index contributed by atoms with van der Waals surface area (Å²) in [5.41, 5.74) is 1.81. The SMILES string of the molecule is CCc1cc2c(N3CCC[C@H](C(=O)Nc4cc(C)ccc4OC)C3)ncnc2s1. The van der Waals surface area contributed by atoms with Crippen LogP contribution in [0.4, 0.5) is 11.5 Å². The van der Waals surface area contributed by atoms with Crippen molar-refractivity contribution in [3.63, 3.8) is 0 Å². The Hall–Kier alpha value is -2.67. The zero-order chi connectivity index (χ0) is 20.4. The van der Waals surface area contributed by atoms with E-state index in [2.05, 4.69) is 33.2 Å². The summed E-state index contributed by atoms with van der Waals surface area (Å²) in [6.45, 7) is 5.71. The van der Waals surface area contributed by atoms with Crippen molar-refractivity contribution in [2.75, 3.05) is 30.4 Å². The van der Waals surface area contributed by atoms with Crippen molar-refractivity contribution < 1.29 is 9.53 Å². The highest BCUT2D eigenvalue weighted by Crippen LogP contribution is 2.33. The predicted molar refractivity (Wildman–Crippen MR) is 118 cm³/mol. The summed E-state index contributed by atoms with van der Waals surface area (Å²) in [7, 11) is 1.62. The standard InChI is InChI=1S/C22H26N4O2S/c1-4-16-11-17-20(23-13-24-22(17)29-16)26-9-5-6-15(12-26)21(27)25-18-10-14(2)7-8-19(18)28-3/h7-8,10-11,13,15H,4-6,9,12H2,1-3H3,(H,25,27)/t15-/m0/s1. The Kier molecular flexibility index (Phi) is 5.67. The Balaban J connectivity index is 1.54. The van der Waals surface area contributed by atoms with E-state index in [0.717, 1.165) is 53.1 Å². The molecule has 0 spiro atoms. The average molecular weight is 411 g/mol. The number of methoxy groups -OCH3 is 1. The van der Waals surface area contributed by atoms with Gasteiger partial charge in [0.1, 0.15) is 22.7 Å². The van der Waals surface area contributed by atoms with E-state index in [-0.39, 0.29) is 11.8 Å². The van der Waals surface area contributed by atoms with Crippen molar-refractivity contribution >= 4 is 39.0 Å². The van der Waals surface area contributed by atoms with Crippen molar-refractivity contribution in [1.29, 1.82) is 0 Å². The molecule has 29 heavy (non-hydrogen) atoms. The second-order valence-corrected chi connectivity index (χ2v) is 8.58. The Morgan fingerprint density at radius 2 is 2.21 bits per heavy atom. The number of hydrogen-bond donors (Lipinski definition) is 1. The third kappa shape index (κ3) is 4.05. The van der Waals surface area contributed by atoms with Gasteiger partial charge in [-0.05, 0) is 49.9 Å². The summed E-state index contributed by atoms with van der Waals surface area (Å²) in [5.74, 6) is 1.56. The molecule has 1 aliphatic heterocycles. The zero-order valence-electron chi connectivity index (χ0n) is 17.1. The topological polar surface area (TPSA) is 67.4 Å². The van der Waals surface area contributed by atoms with Crippen LogP contribution in [0, 0.1) is 12.8 Å². The lowest BCUT2D eigenvalue weighted by Gasteiger charge is -2.33. The number of ether oxygens (including phenoxy) is 1. The molecule has 3 heterocycles. The third-order valence-corrected chi connectivity index (χ3v) is 6.60. The van der Waals surface area contributed by atoms with Gasteiger partial charge in [0.15, 0.2) is 0 Å². The Morgan fingerprint density at radius 3 is 3.00 bits per heavy atom. The number of aromatic nitrogens is 2. The molecule has 1 N–H and O–H groups in total. The van der Waals surface area contributed by atoms with Gasteiger partial charge in [-0.3, -0.25) is 4.79 Å². The van der Waals surface area contributed by atoms with E-state index in [1.807, 2.05) is 25.1 Å². The van der Waals surface area contributed by atoms with Crippen molar-refractivity contribution in [2.24, 2.45) is 5.92 Å². The fourth-order valence-corrected chi connectivity index (χ4v) is 4.79. The number of anilines is 2. The summed E-state index contributed by atoms with van der Waals surface area (Å²) in [6, 6.07) is 8.00. The fourth-order valence-electron chi connectivity index (χ4n) is 3.86. The zero-order valence-corrected chi connectivity index (χ0v) is 17.9. The summed E-state index contributed by atoms with van der Waals surface area (Å²) >= 11 is 1.72. The molecule has 152 valence electrons. The summed E-state index contributed by atoms with van der Waals surface area (Å²) in [6.07, 6.45) is 4.45. The van der Waals surface area contributed by atoms with Crippen molar-refractivity contribution in [2.45, 2.75) is 33.1 Å². The van der Waals surface area contributed by atoms with Gasteiger partial charge in [-0.1, -0.05) is 13.0 Å². The monoisotopic (exact) mass is 410 g/mol. The minimum absolute atomic E-state index is 0.0310. The van der Waals surface area contributed by atoms with E-state index in [0.29, 0.717) is 12.3 Å². The second kappa shape index (κ2) is 8.37. The first-order valence-electron chi connectivity index (χ1n) is 10.0. The van der Waals surface area contributed by atoms with Crippen LogP contribution >= 0.6 is 11.3 Å². The molecule has 1 amide bonds. The molecule has 0 aliphatic carbocycles. The first-order valence-corrected chi connectivity index (χ1v) is 10.8. The first kappa shape index (κ1) is 19.6. The number of benzene rings is 1. The number of thiophene rings is 1. The third-order valence-electron chi connectivity index (χ3n) is 5.41. The van der Waals surface area contributed by atoms with Crippen LogP contribution in [0.2, 0.25) is 0 Å². The highest BCUT2D eigenvalue weighted by Gasteiger charge is 2.28. The summed E-state index contributed by atoms with van der Waals surface area (Å²) in [4.78, 5) is 26.6. The van der Waals surface area contributed by atoms with Gasteiger partial charge in [-0.15, -0.1) is 11.3 Å². The number of carbonyl (C=O) groups is 1. The van der Waals surface area contributed by atoms with E-state index in [1.165, 1.54) is 4.88 Å². The minimum atomic E-state index is -0.0942. The lowest BCUT2D eigenvalue weighted by atomic mass is 9.96. The van der Waals surface area contributed by atoms with Gasteiger partial charge >= 0.3 is 0 Å². The number of piperidine rings is 1. The molecule has 1 aromatic carbocycles. The fraction of sp³-hybridized carbons (Fsp3) is 0.409. The molecule has 2 aromatic heterocycles. The number of rotatable bonds is 5. The molecule has 3 aromatic rings. The maximum absolute atomic E-state index is 13.0. The molecule has 1 atom stereocenters. The van der Waals surface area contributed by atoms with Gasteiger partial charge in [-0.25, -0.2) is 9.97 Å². The molecule has 7 heteroatoms. The van der Waals surface area contributed by atoms with E-state index in [4.69, 9.17) is 4.74 Å². The number of amides is 1. The molecular formula is C22H26N4O2S. The van der Waals surface area contributed by atoms with Crippen LogP contribution in [-0.2, 0) is 11.2 Å². The maximum atomic E-state index is 13.0. The van der Waals surface area contributed by atoms with E-state index in [1.54, 1.807) is 24.8 Å². The van der Waals surface area contributed by atoms with Crippen molar-refractivity contribution in [3.05, 3.63) is 41.0 Å². The number of fused-ring (bicyclic) bond motifs is 1. The summed E-state index contributed by atoms with van der Waals surface area (Å²) in [5, 5.41) is 4.17. The lowest BCUT2D eigenvalue weighted by Crippen LogP contribution is -2.41. The van der Waals surface area contributed by atoms with Gasteiger partial charge in [0.25, 0.3) is 0 Å². The minimum Gasteiger partial charge on any atom is -0.495 e. The molecular weight excluding hydrogens is 384 g/mol. The normalized spacial score (nSPS) is 16.8. The Labute approximate surface area is 174 Å². The average Bonchev–Trinajstić information content (AvgIpc) is 3.17. The van der Waals surface area contributed by atoms with Crippen LogP contribution in [0.15, 0.2) is 30.6 Å². The van der Waals surface area contributed by atoms with Crippen LogP contribution in [0.25, 0.3) is 10.2 Å². The molecule has 6 nitrogen and oxygen atoms in total. The van der Waals surface area contributed by atoms with Gasteiger partial charge in [0.05, 0.1) is 24.1 Å².